The highest BCUT2D eigenvalue weighted by Gasteiger charge is 2.45. The highest BCUT2D eigenvalue weighted by molar-refractivity contribution is 6.01. The maximum Gasteiger partial charge on any atom is 0.300 e. The van der Waals surface area contributed by atoms with Gasteiger partial charge >= 0.3 is 5.91 Å². The average Bonchev–Trinajstić information content (AvgIpc) is 2.97. The average molecular weight is 260 g/mol. The summed E-state index contributed by atoms with van der Waals surface area (Å²) in [6.45, 7) is 7.76. The molecule has 0 unspecified atom stereocenters. The van der Waals surface area contributed by atoms with E-state index >= 15 is 0 Å². The Bertz CT molecular complexity index is 543. The first-order chi connectivity index (χ1) is 8.98. The smallest absolute Gasteiger partial charge is 0.300 e. The van der Waals surface area contributed by atoms with E-state index in [2.05, 4.69) is 37.9 Å². The lowest BCUT2D eigenvalue weighted by Gasteiger charge is -2.25. The van der Waals surface area contributed by atoms with Gasteiger partial charge in [-0.2, -0.15) is 0 Å². The van der Waals surface area contributed by atoms with Crippen molar-refractivity contribution in [3.8, 4) is 0 Å². The normalized spacial score (nSPS) is 20.7. The van der Waals surface area contributed by atoms with Crippen LogP contribution < -0.4 is 5.73 Å². The Morgan fingerprint density at radius 3 is 2.63 bits per heavy atom. The Hall–Kier alpha value is -1.39. The number of ether oxygens (including phenoxy) is 2. The zero-order chi connectivity index (χ0) is 13.7. The zero-order valence-corrected chi connectivity index (χ0v) is 11.7. The number of nitrogens with two attached hydrogens (primary N) is 1. The van der Waals surface area contributed by atoms with Crippen LogP contribution >= 0.6 is 0 Å². The quantitative estimate of drug-likeness (QED) is 0.887. The summed E-state index contributed by atoms with van der Waals surface area (Å²) in [4.78, 5) is 4.39. The summed E-state index contributed by atoms with van der Waals surface area (Å²) in [5.74, 6) is -0.473. The van der Waals surface area contributed by atoms with E-state index in [0.29, 0.717) is 19.0 Å². The van der Waals surface area contributed by atoms with Gasteiger partial charge in [0.25, 0.3) is 0 Å². The van der Waals surface area contributed by atoms with Gasteiger partial charge in [-0.25, -0.2) is 4.99 Å². The molecule has 0 bridgehead atoms. The number of amidine groups is 1. The van der Waals surface area contributed by atoms with Crippen LogP contribution in [-0.2, 0) is 20.8 Å². The fourth-order valence-corrected chi connectivity index (χ4v) is 2.56. The van der Waals surface area contributed by atoms with Crippen LogP contribution in [0.4, 0.5) is 0 Å². The summed E-state index contributed by atoms with van der Waals surface area (Å²) in [5, 5.41) is 0. The number of hydrogen-bond donors (Lipinski definition) is 1. The zero-order valence-electron chi connectivity index (χ0n) is 11.7. The van der Waals surface area contributed by atoms with E-state index in [9.17, 15) is 0 Å². The molecule has 2 aliphatic rings. The summed E-state index contributed by atoms with van der Waals surface area (Å²) < 4.78 is 11.3. The minimum absolute atomic E-state index is 0.127. The van der Waals surface area contributed by atoms with Crippen molar-refractivity contribution in [1.82, 2.24) is 0 Å². The third kappa shape index (κ3) is 1.78. The van der Waals surface area contributed by atoms with Gasteiger partial charge in [0, 0.05) is 11.1 Å². The molecule has 1 aromatic carbocycles. The molecule has 2 heterocycles. The second-order valence-corrected chi connectivity index (χ2v) is 5.77. The van der Waals surface area contributed by atoms with Gasteiger partial charge in [-0.1, -0.05) is 32.9 Å². The standard InChI is InChI=1S/C15H20N2O2/c1-4-14(2,3)10-5-6-12-11(9-10)13(16)17-15(12)18-7-8-19-15/h5-6,9H,4,7-8H2,1-3H3,(H2,16,17). The molecule has 0 amide bonds. The Morgan fingerprint density at radius 1 is 1.32 bits per heavy atom. The molecule has 1 aromatic rings. The Kier molecular flexibility index (Phi) is 2.69. The number of nitrogens with zero attached hydrogens (tertiary/aromatic N) is 1. The first-order valence-corrected chi connectivity index (χ1v) is 6.77. The van der Waals surface area contributed by atoms with Gasteiger partial charge in [-0.05, 0) is 23.5 Å². The SMILES string of the molecule is CCC(C)(C)c1ccc2c(c1)C(N)=NC21OCCO1. The molecule has 1 spiro atoms. The fraction of sp³-hybridized carbons (Fsp3) is 0.533. The van der Waals surface area contributed by atoms with Crippen molar-refractivity contribution in [1.29, 1.82) is 0 Å². The lowest BCUT2D eigenvalue weighted by molar-refractivity contribution is -0.155. The van der Waals surface area contributed by atoms with Crippen LogP contribution in [0.2, 0.25) is 0 Å². The summed E-state index contributed by atoms with van der Waals surface area (Å²) in [6.07, 6.45) is 1.07. The molecule has 2 aliphatic heterocycles. The van der Waals surface area contributed by atoms with Crippen LogP contribution in [0.25, 0.3) is 0 Å². The molecule has 1 fully saturated rings. The number of aliphatic imine (C=N–C) groups is 1. The van der Waals surface area contributed by atoms with Crippen LogP contribution in [0.5, 0.6) is 0 Å². The summed E-state index contributed by atoms with van der Waals surface area (Å²) >= 11 is 0. The first-order valence-electron chi connectivity index (χ1n) is 6.77. The fourth-order valence-electron chi connectivity index (χ4n) is 2.56. The molecule has 4 heteroatoms. The number of hydrogen-bond acceptors (Lipinski definition) is 4. The molecule has 0 aromatic heterocycles. The Labute approximate surface area is 113 Å². The molecule has 2 N–H and O–H groups in total. The van der Waals surface area contributed by atoms with Gasteiger partial charge in [0.1, 0.15) is 5.84 Å². The van der Waals surface area contributed by atoms with Crippen molar-refractivity contribution >= 4 is 5.84 Å². The van der Waals surface area contributed by atoms with Gasteiger partial charge < -0.3 is 15.2 Å². The number of benzene rings is 1. The predicted molar refractivity (Wildman–Crippen MR) is 74.1 cm³/mol. The van der Waals surface area contributed by atoms with E-state index in [-0.39, 0.29) is 5.41 Å². The molecular formula is C15H20N2O2. The van der Waals surface area contributed by atoms with Gasteiger partial charge in [-0.15, -0.1) is 0 Å². The summed E-state index contributed by atoms with van der Waals surface area (Å²) in [6, 6.07) is 6.29. The van der Waals surface area contributed by atoms with Crippen LogP contribution in [0.3, 0.4) is 0 Å². The van der Waals surface area contributed by atoms with E-state index in [4.69, 9.17) is 15.2 Å². The topological polar surface area (TPSA) is 56.8 Å². The van der Waals surface area contributed by atoms with Gasteiger partial charge in [0.15, 0.2) is 0 Å². The van der Waals surface area contributed by atoms with Gasteiger partial charge in [-0.3, -0.25) is 0 Å². The maximum absolute atomic E-state index is 6.04. The Balaban J connectivity index is 2.09. The van der Waals surface area contributed by atoms with E-state index in [0.717, 1.165) is 17.5 Å². The lowest BCUT2D eigenvalue weighted by atomic mass is 9.81. The molecule has 0 saturated carbocycles. The maximum atomic E-state index is 6.04. The lowest BCUT2D eigenvalue weighted by Crippen LogP contribution is -2.22. The third-order valence-corrected chi connectivity index (χ3v) is 4.25. The van der Waals surface area contributed by atoms with E-state index in [1.807, 2.05) is 6.07 Å². The molecule has 4 nitrogen and oxygen atoms in total. The molecule has 102 valence electrons. The third-order valence-electron chi connectivity index (χ3n) is 4.25. The Morgan fingerprint density at radius 2 is 2.00 bits per heavy atom. The second-order valence-electron chi connectivity index (χ2n) is 5.77. The summed E-state index contributed by atoms with van der Waals surface area (Å²) in [7, 11) is 0. The van der Waals surface area contributed by atoms with Crippen molar-refractivity contribution < 1.29 is 9.47 Å². The van der Waals surface area contributed by atoms with Crippen molar-refractivity contribution in [2.24, 2.45) is 10.7 Å². The molecule has 3 rings (SSSR count). The molecule has 1 saturated heterocycles. The molecule has 0 aliphatic carbocycles. The van der Waals surface area contributed by atoms with Gasteiger partial charge in [0.2, 0.25) is 0 Å². The first kappa shape index (κ1) is 12.6. The van der Waals surface area contributed by atoms with E-state index < -0.39 is 5.91 Å². The highest BCUT2D eigenvalue weighted by atomic mass is 16.8. The number of fused-ring (bicyclic) bond motifs is 2. The van der Waals surface area contributed by atoms with Crippen LogP contribution in [-0.4, -0.2) is 19.0 Å². The minimum Gasteiger partial charge on any atom is -0.383 e. The van der Waals surface area contributed by atoms with Gasteiger partial charge in [0.05, 0.1) is 13.2 Å². The molecule has 0 radical (unpaired) electrons. The van der Waals surface area contributed by atoms with E-state index in [1.54, 1.807) is 0 Å². The number of rotatable bonds is 2. The largest absolute Gasteiger partial charge is 0.383 e. The molecule has 19 heavy (non-hydrogen) atoms. The van der Waals surface area contributed by atoms with Crippen LogP contribution in [0, 0.1) is 0 Å². The molecular weight excluding hydrogens is 240 g/mol. The van der Waals surface area contributed by atoms with Crippen LogP contribution in [0.1, 0.15) is 43.9 Å². The predicted octanol–water partition coefficient (Wildman–Crippen LogP) is 2.25. The minimum atomic E-state index is -0.978. The van der Waals surface area contributed by atoms with Crippen molar-refractivity contribution in [3.05, 3.63) is 34.9 Å². The van der Waals surface area contributed by atoms with Crippen molar-refractivity contribution in [2.45, 2.75) is 38.5 Å². The summed E-state index contributed by atoms with van der Waals surface area (Å²) in [5.41, 5.74) is 9.31. The van der Waals surface area contributed by atoms with Crippen LogP contribution in [0.15, 0.2) is 23.2 Å². The monoisotopic (exact) mass is 260 g/mol. The van der Waals surface area contributed by atoms with Crippen molar-refractivity contribution in [3.63, 3.8) is 0 Å². The molecule has 0 atom stereocenters. The van der Waals surface area contributed by atoms with Crippen molar-refractivity contribution in [2.75, 3.05) is 13.2 Å². The highest BCUT2D eigenvalue weighted by Crippen LogP contribution is 2.41. The van der Waals surface area contributed by atoms with E-state index in [1.165, 1.54) is 5.56 Å². The second kappa shape index (κ2) is 4.05.